The normalized spacial score (nSPS) is 17.8. The van der Waals surface area contributed by atoms with Crippen LogP contribution in [0.3, 0.4) is 0 Å². The summed E-state index contributed by atoms with van der Waals surface area (Å²) in [6, 6.07) is 2.99. The Labute approximate surface area is 124 Å². The van der Waals surface area contributed by atoms with Gasteiger partial charge in [-0.2, -0.15) is 5.10 Å². The average Bonchev–Trinajstić information content (AvgIpc) is 3.09. The summed E-state index contributed by atoms with van der Waals surface area (Å²) >= 11 is 0. The Bertz CT molecular complexity index is 391. The lowest BCUT2D eigenvalue weighted by atomic mass is 9.93. The van der Waals surface area contributed by atoms with Gasteiger partial charge in [-0.25, -0.2) is 0 Å². The molecule has 1 saturated carbocycles. The second kappa shape index (κ2) is 7.82. The minimum atomic E-state index is 0.706. The summed E-state index contributed by atoms with van der Waals surface area (Å²) in [5, 5.41) is 8.36. The molecule has 0 amide bonds. The highest BCUT2D eigenvalue weighted by molar-refractivity contribution is 5.10. The highest BCUT2D eigenvalue weighted by atomic mass is 15.3. The molecule has 3 heteroatoms. The van der Waals surface area contributed by atoms with E-state index < -0.39 is 0 Å². The number of aromatic nitrogens is 2. The molecule has 1 aliphatic rings. The number of aryl methyl sites for hydroxylation is 3. The second-order valence-electron chi connectivity index (χ2n) is 6.25. The average molecular weight is 277 g/mol. The quantitative estimate of drug-likeness (QED) is 0.788. The first-order valence-corrected chi connectivity index (χ1v) is 8.49. The van der Waals surface area contributed by atoms with Gasteiger partial charge in [-0.15, -0.1) is 0 Å². The molecule has 1 aromatic heterocycles. The third kappa shape index (κ3) is 4.08. The molecule has 0 aliphatic heterocycles. The van der Waals surface area contributed by atoms with Crippen LogP contribution in [0.4, 0.5) is 0 Å². The number of nitrogens with zero attached hydrogens (tertiary/aromatic N) is 2. The molecule has 114 valence electrons. The van der Waals surface area contributed by atoms with Crippen molar-refractivity contribution in [2.45, 2.75) is 71.3 Å². The van der Waals surface area contributed by atoms with Crippen LogP contribution in [-0.2, 0) is 19.9 Å². The minimum absolute atomic E-state index is 0.706. The van der Waals surface area contributed by atoms with Crippen LogP contribution in [0.2, 0.25) is 0 Å². The van der Waals surface area contributed by atoms with Crippen molar-refractivity contribution < 1.29 is 0 Å². The van der Waals surface area contributed by atoms with Gasteiger partial charge in [0.2, 0.25) is 0 Å². The summed E-state index contributed by atoms with van der Waals surface area (Å²) in [4.78, 5) is 0. The van der Waals surface area contributed by atoms with Gasteiger partial charge in [0.25, 0.3) is 0 Å². The Morgan fingerprint density at radius 2 is 2.10 bits per heavy atom. The van der Waals surface area contributed by atoms with Gasteiger partial charge in [-0.1, -0.05) is 26.7 Å². The van der Waals surface area contributed by atoms with Crippen molar-refractivity contribution in [3.8, 4) is 0 Å². The fourth-order valence-electron chi connectivity index (χ4n) is 3.48. The highest BCUT2D eigenvalue weighted by Crippen LogP contribution is 2.29. The molecule has 0 spiro atoms. The maximum Gasteiger partial charge on any atom is 0.0624 e. The molecular weight excluding hydrogens is 246 g/mol. The van der Waals surface area contributed by atoms with E-state index in [-0.39, 0.29) is 0 Å². The van der Waals surface area contributed by atoms with Crippen molar-refractivity contribution in [2.24, 2.45) is 13.0 Å². The van der Waals surface area contributed by atoms with Crippen LogP contribution in [-0.4, -0.2) is 22.4 Å². The fraction of sp³-hybridized carbons (Fsp3) is 0.824. The molecule has 0 bridgehead atoms. The molecule has 1 atom stereocenters. The van der Waals surface area contributed by atoms with Gasteiger partial charge in [0.1, 0.15) is 0 Å². The van der Waals surface area contributed by atoms with Crippen molar-refractivity contribution in [3.05, 3.63) is 17.5 Å². The van der Waals surface area contributed by atoms with Gasteiger partial charge in [-0.05, 0) is 57.1 Å². The SMILES string of the molecule is CCCNC(CCc1cc(CC)nn1C)C1CCCC1. The molecule has 0 radical (unpaired) electrons. The lowest BCUT2D eigenvalue weighted by Gasteiger charge is -2.24. The van der Waals surface area contributed by atoms with Crippen LogP contribution in [0.25, 0.3) is 0 Å². The Morgan fingerprint density at radius 3 is 2.70 bits per heavy atom. The van der Waals surface area contributed by atoms with E-state index >= 15 is 0 Å². The summed E-state index contributed by atoms with van der Waals surface area (Å²) in [6.45, 7) is 5.59. The van der Waals surface area contributed by atoms with Crippen molar-refractivity contribution in [3.63, 3.8) is 0 Å². The van der Waals surface area contributed by atoms with E-state index in [4.69, 9.17) is 0 Å². The smallest absolute Gasteiger partial charge is 0.0624 e. The summed E-state index contributed by atoms with van der Waals surface area (Å²) in [6.07, 6.45) is 10.4. The van der Waals surface area contributed by atoms with E-state index in [2.05, 4.69) is 42.1 Å². The van der Waals surface area contributed by atoms with Gasteiger partial charge in [-0.3, -0.25) is 4.68 Å². The van der Waals surface area contributed by atoms with Crippen molar-refractivity contribution in [1.82, 2.24) is 15.1 Å². The maximum absolute atomic E-state index is 4.56. The Morgan fingerprint density at radius 1 is 1.35 bits per heavy atom. The van der Waals surface area contributed by atoms with Crippen LogP contribution in [0.5, 0.6) is 0 Å². The largest absolute Gasteiger partial charge is 0.314 e. The van der Waals surface area contributed by atoms with Crippen molar-refractivity contribution in [1.29, 1.82) is 0 Å². The first-order valence-electron chi connectivity index (χ1n) is 8.49. The fourth-order valence-corrected chi connectivity index (χ4v) is 3.48. The zero-order chi connectivity index (χ0) is 14.4. The first kappa shape index (κ1) is 15.6. The van der Waals surface area contributed by atoms with Gasteiger partial charge >= 0.3 is 0 Å². The number of rotatable bonds is 8. The Hall–Kier alpha value is -0.830. The zero-order valence-electron chi connectivity index (χ0n) is 13.5. The van der Waals surface area contributed by atoms with Gasteiger partial charge in [0, 0.05) is 18.8 Å². The van der Waals surface area contributed by atoms with Crippen molar-refractivity contribution >= 4 is 0 Å². The molecule has 3 nitrogen and oxygen atoms in total. The molecule has 1 fully saturated rings. The number of hydrogen-bond donors (Lipinski definition) is 1. The van der Waals surface area contributed by atoms with E-state index in [0.29, 0.717) is 6.04 Å². The third-order valence-corrected chi connectivity index (χ3v) is 4.73. The molecule has 1 aromatic rings. The van der Waals surface area contributed by atoms with Crippen LogP contribution in [0, 0.1) is 5.92 Å². The summed E-state index contributed by atoms with van der Waals surface area (Å²) in [5.41, 5.74) is 2.62. The predicted octanol–water partition coefficient (Wildman–Crippen LogP) is 3.47. The Kier molecular flexibility index (Phi) is 6.08. The van der Waals surface area contributed by atoms with E-state index in [9.17, 15) is 0 Å². The molecular formula is C17H31N3. The predicted molar refractivity (Wildman–Crippen MR) is 84.9 cm³/mol. The lowest BCUT2D eigenvalue weighted by Crippen LogP contribution is -2.36. The van der Waals surface area contributed by atoms with E-state index in [1.807, 2.05) is 0 Å². The molecule has 2 rings (SSSR count). The number of hydrogen-bond acceptors (Lipinski definition) is 2. The van der Waals surface area contributed by atoms with Crippen molar-refractivity contribution in [2.75, 3.05) is 6.54 Å². The standard InChI is InChI=1S/C17H31N3/c1-4-12-18-17(14-8-6-7-9-14)11-10-16-13-15(5-2)19-20(16)3/h13-14,17-18H,4-12H2,1-3H3. The number of nitrogens with one attached hydrogen (secondary N) is 1. The molecule has 0 aromatic carbocycles. The topological polar surface area (TPSA) is 29.9 Å². The zero-order valence-corrected chi connectivity index (χ0v) is 13.5. The maximum atomic E-state index is 4.56. The molecule has 1 aliphatic carbocycles. The van der Waals surface area contributed by atoms with Gasteiger partial charge in [0.05, 0.1) is 5.69 Å². The summed E-state index contributed by atoms with van der Waals surface area (Å²) in [7, 11) is 2.08. The molecule has 1 unspecified atom stereocenters. The van der Waals surface area contributed by atoms with E-state index in [1.54, 1.807) is 0 Å². The molecule has 1 N–H and O–H groups in total. The first-order chi connectivity index (χ1) is 9.74. The molecule has 20 heavy (non-hydrogen) atoms. The molecule has 0 saturated heterocycles. The van der Waals surface area contributed by atoms with Crippen LogP contribution in [0.15, 0.2) is 6.07 Å². The lowest BCUT2D eigenvalue weighted by molar-refractivity contribution is 0.339. The minimum Gasteiger partial charge on any atom is -0.314 e. The summed E-state index contributed by atoms with van der Waals surface area (Å²) in [5.74, 6) is 0.903. The van der Waals surface area contributed by atoms with Crippen LogP contribution < -0.4 is 5.32 Å². The van der Waals surface area contributed by atoms with Gasteiger partial charge < -0.3 is 5.32 Å². The van der Waals surface area contributed by atoms with Crippen LogP contribution in [0.1, 0.15) is 63.8 Å². The molecule has 1 heterocycles. The highest BCUT2D eigenvalue weighted by Gasteiger charge is 2.24. The summed E-state index contributed by atoms with van der Waals surface area (Å²) < 4.78 is 2.07. The van der Waals surface area contributed by atoms with Crippen LogP contribution >= 0.6 is 0 Å². The Balaban J connectivity index is 1.91. The van der Waals surface area contributed by atoms with Gasteiger partial charge in [0.15, 0.2) is 0 Å². The third-order valence-electron chi connectivity index (χ3n) is 4.73. The second-order valence-corrected chi connectivity index (χ2v) is 6.25. The monoisotopic (exact) mass is 277 g/mol. The van der Waals surface area contributed by atoms with E-state index in [1.165, 1.54) is 49.9 Å². The van der Waals surface area contributed by atoms with E-state index in [0.717, 1.165) is 25.3 Å².